The summed E-state index contributed by atoms with van der Waals surface area (Å²) in [5.41, 5.74) is 3.72. The van der Waals surface area contributed by atoms with Crippen LogP contribution in [0.15, 0.2) is 58.4 Å². The molecular formula is C45H55ClN8O6S. The summed E-state index contributed by atoms with van der Waals surface area (Å²) in [5.74, 6) is 1.17. The summed E-state index contributed by atoms with van der Waals surface area (Å²) >= 11 is 6.31. The van der Waals surface area contributed by atoms with Crippen molar-refractivity contribution >= 4 is 67.3 Å². The second-order valence-electron chi connectivity index (χ2n) is 18.0. The van der Waals surface area contributed by atoms with Crippen molar-refractivity contribution in [1.82, 2.24) is 24.8 Å². The molecule has 5 heterocycles. The zero-order chi connectivity index (χ0) is 42.5. The number of anilines is 4. The summed E-state index contributed by atoms with van der Waals surface area (Å²) < 4.78 is 35.3. The van der Waals surface area contributed by atoms with Gasteiger partial charge in [-0.05, 0) is 131 Å². The van der Waals surface area contributed by atoms with Gasteiger partial charge in [0, 0.05) is 61.1 Å². The van der Waals surface area contributed by atoms with E-state index < -0.39 is 15.9 Å². The maximum atomic E-state index is 13.9. The number of fused-ring (bicyclic) bond motifs is 1. The van der Waals surface area contributed by atoms with E-state index in [0.29, 0.717) is 59.2 Å². The number of imide groups is 1. The van der Waals surface area contributed by atoms with Gasteiger partial charge in [0.05, 0.1) is 22.9 Å². The predicted octanol–water partition coefficient (Wildman–Crippen LogP) is 6.77. The molecule has 1 atom stereocenters. The number of rotatable bonds is 11. The number of nitrogens with one attached hydrogen (secondary N) is 3. The van der Waals surface area contributed by atoms with Gasteiger partial charge >= 0.3 is 0 Å². The van der Waals surface area contributed by atoms with Crippen LogP contribution in [0.4, 0.5) is 23.0 Å². The Kier molecular flexibility index (Phi) is 11.5. The molecule has 2 aromatic heterocycles. The molecule has 324 valence electrons. The Balaban J connectivity index is 0.755. The molecule has 9 rings (SSSR count). The van der Waals surface area contributed by atoms with Crippen LogP contribution in [0.1, 0.15) is 88.7 Å². The normalized spacial score (nSPS) is 21.8. The topological polar surface area (TPSA) is 168 Å². The minimum Gasteiger partial charge on any atom is -0.495 e. The average Bonchev–Trinajstić information content (AvgIpc) is 3.77. The van der Waals surface area contributed by atoms with Gasteiger partial charge in [-0.15, -0.1) is 0 Å². The van der Waals surface area contributed by atoms with Gasteiger partial charge in [-0.25, -0.2) is 13.4 Å². The van der Waals surface area contributed by atoms with Gasteiger partial charge in [-0.3, -0.25) is 24.3 Å². The third-order valence-electron chi connectivity index (χ3n) is 14.1. The second-order valence-corrected chi connectivity index (χ2v) is 20.7. The number of amides is 2. The molecule has 2 aliphatic carbocycles. The van der Waals surface area contributed by atoms with E-state index in [2.05, 4.69) is 30.7 Å². The minimum absolute atomic E-state index is 0.0546. The molecule has 0 bridgehead atoms. The van der Waals surface area contributed by atoms with Crippen molar-refractivity contribution in [3.05, 3.63) is 69.6 Å². The van der Waals surface area contributed by atoms with Crippen molar-refractivity contribution in [2.75, 3.05) is 55.4 Å². The van der Waals surface area contributed by atoms with E-state index in [0.717, 1.165) is 107 Å². The molecule has 3 aliphatic heterocycles. The molecule has 4 aromatic rings. The lowest BCUT2D eigenvalue weighted by molar-refractivity contribution is -0.133. The first-order valence-corrected chi connectivity index (χ1v) is 23.8. The van der Waals surface area contributed by atoms with Crippen LogP contribution in [0.2, 0.25) is 5.02 Å². The van der Waals surface area contributed by atoms with Gasteiger partial charge in [0.2, 0.25) is 17.8 Å². The van der Waals surface area contributed by atoms with E-state index in [1.54, 1.807) is 42.1 Å². The first-order chi connectivity index (χ1) is 29.4. The summed E-state index contributed by atoms with van der Waals surface area (Å²) in [6.07, 6.45) is 12.0. The Morgan fingerprint density at radius 2 is 1.70 bits per heavy atom. The lowest BCUT2D eigenvalue weighted by Gasteiger charge is -2.52. The lowest BCUT2D eigenvalue weighted by atomic mass is 9.63. The molecule has 61 heavy (non-hydrogen) atoms. The largest absolute Gasteiger partial charge is 0.495 e. The molecule has 1 unspecified atom stereocenters. The Labute approximate surface area is 361 Å². The summed E-state index contributed by atoms with van der Waals surface area (Å²) in [7, 11) is -1.83. The predicted molar refractivity (Wildman–Crippen MR) is 237 cm³/mol. The minimum atomic E-state index is -3.49. The van der Waals surface area contributed by atoms with Gasteiger partial charge in [0.15, 0.2) is 9.84 Å². The molecule has 3 saturated heterocycles. The average molecular weight is 872 g/mol. The van der Waals surface area contributed by atoms with Crippen molar-refractivity contribution in [2.24, 2.45) is 11.3 Å². The number of piperidine rings is 3. The van der Waals surface area contributed by atoms with Gasteiger partial charge in [0.1, 0.15) is 22.5 Å². The fraction of sp³-hybridized carbons (Fsp3) is 0.533. The summed E-state index contributed by atoms with van der Waals surface area (Å²) in [6, 6.07) is 12.4. The highest BCUT2D eigenvalue weighted by atomic mass is 35.5. The highest BCUT2D eigenvalue weighted by molar-refractivity contribution is 7.92. The number of nitrogens with zero attached hydrogens (tertiary/aromatic N) is 5. The number of pyridine rings is 1. The molecule has 5 fully saturated rings. The number of halogens is 1. The van der Waals surface area contributed by atoms with Crippen LogP contribution >= 0.6 is 11.6 Å². The van der Waals surface area contributed by atoms with E-state index in [-0.39, 0.29) is 39.1 Å². The van der Waals surface area contributed by atoms with Crippen molar-refractivity contribution in [3.63, 3.8) is 0 Å². The molecule has 2 aromatic carbocycles. The molecule has 2 amide bonds. The number of benzene rings is 2. The number of sulfone groups is 1. The van der Waals surface area contributed by atoms with Crippen molar-refractivity contribution in [2.45, 2.75) is 106 Å². The second kappa shape index (κ2) is 16.9. The van der Waals surface area contributed by atoms with Crippen LogP contribution in [0.25, 0.3) is 11.0 Å². The number of hydrogen-bond acceptors (Lipinski definition) is 12. The fourth-order valence-corrected chi connectivity index (χ4v) is 12.8. The third-order valence-corrected chi connectivity index (χ3v) is 16.5. The zero-order valence-corrected chi connectivity index (χ0v) is 36.5. The summed E-state index contributed by atoms with van der Waals surface area (Å²) in [5, 5.41) is 9.40. The number of hydrogen-bond donors (Lipinski definition) is 3. The monoisotopic (exact) mass is 870 g/mol. The van der Waals surface area contributed by atoms with Crippen molar-refractivity contribution < 1.29 is 22.7 Å². The maximum absolute atomic E-state index is 13.9. The van der Waals surface area contributed by atoms with E-state index in [1.807, 2.05) is 25.1 Å². The smallest absolute Gasteiger partial charge is 0.271 e. The van der Waals surface area contributed by atoms with E-state index in [1.165, 1.54) is 0 Å². The Hall–Kier alpha value is -4.73. The SMILES string of the molecule is COc1cc(NC2CCC(=O)NC2=O)ccc1N1CCC(CN2CCC3(CC2)CC(S(=O)(=O)c2ccc(Nc4ncc5cc(Cl)c(=O)n(C6CCCC6)c5n4)c(C)c2)C3)CC1. The molecule has 16 heteroatoms. The number of carbonyl (C=O) groups is 2. The number of likely N-dealkylation sites (tertiary alicyclic amines) is 1. The quantitative estimate of drug-likeness (QED) is 0.136. The summed E-state index contributed by atoms with van der Waals surface area (Å²) in [4.78, 5) is 51.4. The third kappa shape index (κ3) is 8.45. The van der Waals surface area contributed by atoms with Crippen LogP contribution in [-0.2, 0) is 19.4 Å². The lowest BCUT2D eigenvalue weighted by Crippen LogP contribution is -2.52. The standard InChI is InChI=1S/C45H55ClN8O6S/c1-28-21-33(8-9-36(28)49-44-47-26-30-22-35(46)43(57)54(41(30)51-44)32-5-3-4-6-32)61(58,59)34-24-45(25-34)15-19-52(20-16-45)27-29-13-17-53(18-14-29)38-11-7-31(23-39(38)60-2)48-37-10-12-40(55)50-42(37)56/h7-9,11,21-23,26,29,32,34,37,48H,3-6,10,12-20,24-25,27H2,1-2H3,(H,47,49,51)(H,50,55,56). The molecule has 2 saturated carbocycles. The van der Waals surface area contributed by atoms with Crippen LogP contribution in [0, 0.1) is 18.3 Å². The highest BCUT2D eigenvalue weighted by Crippen LogP contribution is 2.53. The molecule has 5 aliphatic rings. The zero-order valence-electron chi connectivity index (χ0n) is 34.9. The van der Waals surface area contributed by atoms with Gasteiger partial charge < -0.3 is 25.2 Å². The number of ether oxygens (including phenoxy) is 1. The number of methoxy groups -OCH3 is 1. The Morgan fingerprint density at radius 3 is 2.41 bits per heavy atom. The molecule has 3 N–H and O–H groups in total. The van der Waals surface area contributed by atoms with Crippen LogP contribution in [-0.4, -0.2) is 90.8 Å². The Bertz CT molecular complexity index is 2500. The first kappa shape index (κ1) is 41.6. The molecule has 0 radical (unpaired) electrons. The number of aromatic nitrogens is 3. The number of aryl methyl sites for hydroxylation is 1. The first-order valence-electron chi connectivity index (χ1n) is 21.8. The summed E-state index contributed by atoms with van der Waals surface area (Å²) in [6.45, 7) is 6.83. The van der Waals surface area contributed by atoms with Gasteiger partial charge in [-0.2, -0.15) is 4.98 Å². The van der Waals surface area contributed by atoms with Gasteiger partial charge in [-0.1, -0.05) is 24.4 Å². The van der Waals surface area contributed by atoms with Gasteiger partial charge in [0.25, 0.3) is 5.56 Å². The molecule has 1 spiro atoms. The Morgan fingerprint density at radius 1 is 0.951 bits per heavy atom. The van der Waals surface area contributed by atoms with E-state index >= 15 is 0 Å². The fourth-order valence-electron chi connectivity index (χ4n) is 10.4. The van der Waals surface area contributed by atoms with Crippen LogP contribution in [0.3, 0.4) is 0 Å². The maximum Gasteiger partial charge on any atom is 0.271 e. The van der Waals surface area contributed by atoms with E-state index in [9.17, 15) is 22.8 Å². The van der Waals surface area contributed by atoms with E-state index in [4.69, 9.17) is 21.3 Å². The molecule has 14 nitrogen and oxygen atoms in total. The number of carbonyl (C=O) groups excluding carboxylic acids is 2. The van der Waals surface area contributed by atoms with Crippen LogP contribution in [0.5, 0.6) is 5.75 Å². The highest BCUT2D eigenvalue weighted by Gasteiger charge is 2.51. The van der Waals surface area contributed by atoms with Crippen LogP contribution < -0.4 is 31.1 Å². The van der Waals surface area contributed by atoms with Crippen molar-refractivity contribution in [1.29, 1.82) is 0 Å². The van der Waals surface area contributed by atoms with Crippen molar-refractivity contribution in [3.8, 4) is 5.75 Å². The molecular weight excluding hydrogens is 816 g/mol.